The van der Waals surface area contributed by atoms with Crippen molar-refractivity contribution < 1.29 is 27.2 Å². The van der Waals surface area contributed by atoms with E-state index in [1.807, 2.05) is 18.2 Å². The zero-order valence-electron chi connectivity index (χ0n) is 18.0. The van der Waals surface area contributed by atoms with Gasteiger partial charge in [0.1, 0.15) is 0 Å². The highest BCUT2D eigenvalue weighted by molar-refractivity contribution is 7.89. The van der Waals surface area contributed by atoms with Crippen LogP contribution in [0.15, 0.2) is 64.4 Å². The van der Waals surface area contributed by atoms with Gasteiger partial charge in [-0.25, -0.2) is 17.9 Å². The number of anilines is 1. The molecule has 1 amide bonds. The molecule has 11 heteroatoms. The van der Waals surface area contributed by atoms with Crippen LogP contribution < -0.4 is 5.32 Å². The van der Waals surface area contributed by atoms with E-state index in [0.717, 1.165) is 5.69 Å². The molecule has 0 atom stereocenters. The van der Waals surface area contributed by atoms with Crippen molar-refractivity contribution in [2.45, 2.75) is 24.9 Å². The molecule has 1 aliphatic rings. The lowest BCUT2D eigenvalue weighted by atomic mass is 9.97. The van der Waals surface area contributed by atoms with Gasteiger partial charge in [-0.2, -0.15) is 9.40 Å². The number of sulfonamides is 1. The van der Waals surface area contributed by atoms with Gasteiger partial charge in [-0.05, 0) is 50.1 Å². The molecule has 4 rings (SSSR count). The lowest BCUT2D eigenvalue weighted by molar-refractivity contribution is -0.120. The van der Waals surface area contributed by atoms with E-state index >= 15 is 0 Å². The topological polar surface area (TPSA) is 124 Å². The number of nitrogens with zero attached hydrogens (tertiary/aromatic N) is 3. The van der Waals surface area contributed by atoms with E-state index in [2.05, 4.69) is 10.4 Å². The minimum absolute atomic E-state index is 0.156. The minimum Gasteiger partial charge on any atom is -0.460 e. The Kier molecular flexibility index (Phi) is 6.61. The van der Waals surface area contributed by atoms with E-state index in [-0.39, 0.29) is 42.4 Å². The number of carbonyl (C=O) groups excluding carboxylic acids is 2. The first-order valence-electron chi connectivity index (χ1n) is 10.6. The second-order valence-corrected chi connectivity index (χ2v) is 9.34. The van der Waals surface area contributed by atoms with Gasteiger partial charge in [0.05, 0.1) is 18.0 Å². The number of hydrogen-bond acceptors (Lipinski definition) is 7. The largest absolute Gasteiger partial charge is 0.460 e. The number of benzene rings is 1. The number of amides is 1. The molecule has 0 spiro atoms. The first kappa shape index (κ1) is 22.7. The van der Waals surface area contributed by atoms with Crippen molar-refractivity contribution >= 4 is 27.6 Å². The van der Waals surface area contributed by atoms with Gasteiger partial charge in [-0.15, -0.1) is 0 Å². The Bertz CT molecular complexity index is 1230. The number of carbonyl (C=O) groups is 2. The van der Waals surface area contributed by atoms with Crippen LogP contribution in [0.1, 0.15) is 30.3 Å². The number of furan rings is 1. The molecular weight excluding hydrogens is 448 g/mol. The van der Waals surface area contributed by atoms with Crippen molar-refractivity contribution in [3.8, 4) is 5.69 Å². The molecule has 10 nitrogen and oxygen atoms in total. The molecule has 1 saturated heterocycles. The van der Waals surface area contributed by atoms with Crippen LogP contribution in [0.5, 0.6) is 0 Å². The van der Waals surface area contributed by atoms with Crippen LogP contribution in [0, 0.1) is 5.92 Å². The predicted octanol–water partition coefficient (Wildman–Crippen LogP) is 2.68. The van der Waals surface area contributed by atoms with Crippen LogP contribution in [0.3, 0.4) is 0 Å². The third-order valence-electron chi connectivity index (χ3n) is 5.39. The maximum absolute atomic E-state index is 12.9. The fraction of sp³-hybridized carbons (Fsp3) is 0.318. The zero-order valence-corrected chi connectivity index (χ0v) is 18.8. The summed E-state index contributed by atoms with van der Waals surface area (Å²) in [5, 5.41) is 6.84. The first-order valence-corrected chi connectivity index (χ1v) is 12.0. The molecule has 33 heavy (non-hydrogen) atoms. The lowest BCUT2D eigenvalue weighted by Gasteiger charge is -2.29. The van der Waals surface area contributed by atoms with Crippen molar-refractivity contribution in [2.24, 2.45) is 5.92 Å². The molecular formula is C22H24N4O6S. The smallest absolute Gasteiger partial charge is 0.374 e. The Hall–Kier alpha value is -3.44. The summed E-state index contributed by atoms with van der Waals surface area (Å²) in [6, 6.07) is 11.7. The van der Waals surface area contributed by atoms with E-state index in [0.29, 0.717) is 18.5 Å². The number of hydrogen-bond donors (Lipinski definition) is 1. The molecule has 174 valence electrons. The fourth-order valence-corrected chi connectivity index (χ4v) is 5.06. The molecule has 0 radical (unpaired) electrons. The highest BCUT2D eigenvalue weighted by atomic mass is 32.2. The van der Waals surface area contributed by atoms with Crippen molar-refractivity contribution in [1.29, 1.82) is 0 Å². The summed E-state index contributed by atoms with van der Waals surface area (Å²) in [6.07, 6.45) is 4.17. The van der Waals surface area contributed by atoms with E-state index in [1.54, 1.807) is 36.1 Å². The van der Waals surface area contributed by atoms with Crippen LogP contribution in [0.25, 0.3) is 5.69 Å². The number of piperidine rings is 1. The van der Waals surface area contributed by atoms with Gasteiger partial charge in [0.2, 0.25) is 16.8 Å². The number of nitrogens with one attached hydrogen (secondary N) is 1. The maximum atomic E-state index is 12.9. The molecule has 0 saturated carbocycles. The van der Waals surface area contributed by atoms with Crippen LogP contribution in [-0.2, 0) is 19.6 Å². The third-order valence-corrected chi connectivity index (χ3v) is 7.16. The van der Waals surface area contributed by atoms with E-state index in [1.165, 1.54) is 16.4 Å². The van der Waals surface area contributed by atoms with Gasteiger partial charge in [-0.1, -0.05) is 12.1 Å². The van der Waals surface area contributed by atoms with Crippen LogP contribution in [0.4, 0.5) is 5.69 Å². The summed E-state index contributed by atoms with van der Waals surface area (Å²) >= 11 is 0. The monoisotopic (exact) mass is 472 g/mol. The third kappa shape index (κ3) is 4.83. The molecule has 3 aromatic rings. The summed E-state index contributed by atoms with van der Waals surface area (Å²) in [6.45, 7) is 2.13. The second kappa shape index (κ2) is 9.59. The van der Waals surface area contributed by atoms with Crippen molar-refractivity contribution in [1.82, 2.24) is 14.1 Å². The van der Waals surface area contributed by atoms with Gasteiger partial charge in [0, 0.05) is 31.4 Å². The van der Waals surface area contributed by atoms with Gasteiger partial charge >= 0.3 is 5.97 Å². The van der Waals surface area contributed by atoms with Crippen LogP contribution in [-0.4, -0.2) is 54.1 Å². The summed E-state index contributed by atoms with van der Waals surface area (Å²) < 4.78 is 38.8. The number of ether oxygens (including phenoxy) is 1. The number of aromatic nitrogens is 2. The second-order valence-electron chi connectivity index (χ2n) is 7.47. The van der Waals surface area contributed by atoms with Crippen molar-refractivity contribution in [2.75, 3.05) is 25.0 Å². The van der Waals surface area contributed by atoms with Crippen molar-refractivity contribution in [3.63, 3.8) is 0 Å². The Morgan fingerprint density at radius 2 is 1.91 bits per heavy atom. The molecule has 1 fully saturated rings. The standard InChI is InChI=1S/C22H24N4O6S/c1-2-31-22(28)19-8-9-20(32-19)33(29,30)25-14-10-16(11-15-25)21(27)24-17-6-3-4-7-18(17)26-13-5-12-23-26/h3-9,12-13,16H,2,10-11,14-15H2,1H3,(H,24,27). The van der Waals surface area contributed by atoms with Gasteiger partial charge in [0.15, 0.2) is 0 Å². The molecule has 3 heterocycles. The Labute approximate surface area is 191 Å². The summed E-state index contributed by atoms with van der Waals surface area (Å²) in [4.78, 5) is 24.6. The molecule has 0 bridgehead atoms. The summed E-state index contributed by atoms with van der Waals surface area (Å²) in [5.41, 5.74) is 1.37. The zero-order chi connectivity index (χ0) is 23.4. The molecule has 0 unspecified atom stereocenters. The summed E-state index contributed by atoms with van der Waals surface area (Å²) in [5.74, 6) is -1.40. The fourth-order valence-electron chi connectivity index (χ4n) is 3.68. The normalized spacial score (nSPS) is 15.3. The van der Waals surface area contributed by atoms with Crippen LogP contribution >= 0.6 is 0 Å². The summed E-state index contributed by atoms with van der Waals surface area (Å²) in [7, 11) is -3.92. The molecule has 0 aliphatic carbocycles. The average Bonchev–Trinajstić information content (AvgIpc) is 3.53. The Morgan fingerprint density at radius 3 is 2.61 bits per heavy atom. The van der Waals surface area contributed by atoms with E-state index in [9.17, 15) is 18.0 Å². The van der Waals surface area contributed by atoms with Gasteiger partial charge in [-0.3, -0.25) is 4.79 Å². The van der Waals surface area contributed by atoms with Gasteiger partial charge in [0.25, 0.3) is 10.0 Å². The number of rotatable bonds is 7. The molecule has 1 N–H and O–H groups in total. The number of esters is 1. The SMILES string of the molecule is CCOC(=O)c1ccc(S(=O)(=O)N2CCC(C(=O)Nc3ccccc3-n3cccn3)CC2)o1. The average molecular weight is 473 g/mol. The Morgan fingerprint density at radius 1 is 1.15 bits per heavy atom. The minimum atomic E-state index is -3.92. The van der Waals surface area contributed by atoms with E-state index < -0.39 is 16.0 Å². The van der Waals surface area contributed by atoms with E-state index in [4.69, 9.17) is 9.15 Å². The Balaban J connectivity index is 1.39. The van der Waals surface area contributed by atoms with Crippen LogP contribution in [0.2, 0.25) is 0 Å². The predicted molar refractivity (Wildman–Crippen MR) is 118 cm³/mol. The lowest BCUT2D eigenvalue weighted by Crippen LogP contribution is -2.41. The quantitative estimate of drug-likeness (QED) is 0.524. The van der Waals surface area contributed by atoms with Gasteiger partial charge < -0.3 is 14.5 Å². The molecule has 1 aromatic carbocycles. The molecule has 2 aromatic heterocycles. The van der Waals surface area contributed by atoms with Crippen molar-refractivity contribution in [3.05, 3.63) is 60.6 Å². The number of para-hydroxylation sites is 2. The first-order chi connectivity index (χ1) is 15.9. The molecule has 1 aliphatic heterocycles. The maximum Gasteiger partial charge on any atom is 0.374 e. The highest BCUT2D eigenvalue weighted by Crippen LogP contribution is 2.27. The highest BCUT2D eigenvalue weighted by Gasteiger charge is 2.34.